The number of fused-ring (bicyclic) bond motifs is 1. The van der Waals surface area contributed by atoms with E-state index < -0.39 is 0 Å². The minimum Gasteiger partial charge on any atom is -0.309 e. The maximum atomic E-state index is 4.68. The molecule has 0 aliphatic rings. The van der Waals surface area contributed by atoms with Gasteiger partial charge in [-0.05, 0) is 111 Å². The molecule has 0 bridgehead atoms. The second-order valence-corrected chi connectivity index (χ2v) is 11.3. The lowest BCUT2D eigenvalue weighted by Crippen LogP contribution is -2.16. The molecule has 0 atom stereocenters. The highest BCUT2D eigenvalue weighted by atomic mass is 15.2. The first-order chi connectivity index (χ1) is 20.3. The SMILES string of the molecule is Cc1cc(C)c(N(c2ccc(N(c3ccc4ccccc4c3)c3cnccn3)cc2)c2c(C)cc(C)cc2C)c(C)c1. The van der Waals surface area contributed by atoms with Gasteiger partial charge < -0.3 is 4.90 Å². The first kappa shape index (κ1) is 27.2. The summed E-state index contributed by atoms with van der Waals surface area (Å²) in [4.78, 5) is 13.7. The van der Waals surface area contributed by atoms with Crippen LogP contribution in [-0.4, -0.2) is 9.97 Å². The Bertz CT molecular complexity index is 1790. The summed E-state index contributed by atoms with van der Waals surface area (Å²) in [5.74, 6) is 0.771. The number of hydrogen-bond acceptors (Lipinski definition) is 4. The van der Waals surface area contributed by atoms with Crippen molar-refractivity contribution in [2.45, 2.75) is 41.5 Å². The van der Waals surface area contributed by atoms with E-state index >= 15 is 0 Å². The molecule has 0 fully saturated rings. The Morgan fingerprint density at radius 3 is 1.50 bits per heavy atom. The molecule has 0 aliphatic heterocycles. The lowest BCUT2D eigenvalue weighted by Gasteiger charge is -2.32. The third-order valence-electron chi connectivity index (χ3n) is 7.85. The number of aromatic nitrogens is 2. The van der Waals surface area contributed by atoms with Crippen molar-refractivity contribution >= 4 is 45.0 Å². The zero-order valence-electron chi connectivity index (χ0n) is 25.2. The molecule has 4 nitrogen and oxygen atoms in total. The van der Waals surface area contributed by atoms with Crippen LogP contribution in [0.5, 0.6) is 0 Å². The van der Waals surface area contributed by atoms with Gasteiger partial charge in [-0.25, -0.2) is 4.98 Å². The van der Waals surface area contributed by atoms with Crippen LogP contribution in [0.15, 0.2) is 110 Å². The second-order valence-electron chi connectivity index (χ2n) is 11.3. The van der Waals surface area contributed by atoms with E-state index in [0.717, 1.165) is 22.9 Å². The standard InChI is InChI=1S/C38H36N4/c1-25-19-27(3)37(28(4)20-25)42(38-29(5)21-26(2)22-30(38)6)34-15-13-33(14-16-34)41(36-24-39-17-18-40-36)35-12-11-31-9-7-8-10-32(31)23-35/h7-24H,1-6H3. The molecule has 6 rings (SSSR count). The summed E-state index contributed by atoms with van der Waals surface area (Å²) in [6.45, 7) is 13.2. The maximum absolute atomic E-state index is 4.68. The van der Waals surface area contributed by atoms with E-state index in [9.17, 15) is 0 Å². The number of rotatable bonds is 6. The van der Waals surface area contributed by atoms with Crippen molar-refractivity contribution in [2.24, 2.45) is 0 Å². The van der Waals surface area contributed by atoms with Crippen LogP contribution < -0.4 is 9.80 Å². The second kappa shape index (κ2) is 11.1. The molecular weight excluding hydrogens is 512 g/mol. The third-order valence-corrected chi connectivity index (χ3v) is 7.85. The van der Waals surface area contributed by atoms with Gasteiger partial charge >= 0.3 is 0 Å². The van der Waals surface area contributed by atoms with E-state index in [0.29, 0.717) is 0 Å². The minimum atomic E-state index is 0.771. The Morgan fingerprint density at radius 2 is 0.976 bits per heavy atom. The monoisotopic (exact) mass is 548 g/mol. The van der Waals surface area contributed by atoms with E-state index in [2.05, 4.69) is 152 Å². The van der Waals surface area contributed by atoms with Crippen molar-refractivity contribution in [3.63, 3.8) is 0 Å². The fourth-order valence-electron chi connectivity index (χ4n) is 6.31. The number of hydrogen-bond donors (Lipinski definition) is 0. The predicted octanol–water partition coefficient (Wildman–Crippen LogP) is 10.4. The lowest BCUT2D eigenvalue weighted by molar-refractivity contribution is 1.12. The molecule has 0 saturated heterocycles. The molecule has 0 saturated carbocycles. The maximum Gasteiger partial charge on any atom is 0.156 e. The third kappa shape index (κ3) is 5.12. The van der Waals surface area contributed by atoms with Crippen molar-refractivity contribution in [1.82, 2.24) is 9.97 Å². The van der Waals surface area contributed by atoms with Gasteiger partial charge in [-0.2, -0.15) is 0 Å². The average Bonchev–Trinajstić information content (AvgIpc) is 2.96. The first-order valence-corrected chi connectivity index (χ1v) is 14.4. The number of nitrogens with zero attached hydrogens (tertiary/aromatic N) is 4. The van der Waals surface area contributed by atoms with Crippen molar-refractivity contribution in [3.8, 4) is 0 Å². The summed E-state index contributed by atoms with van der Waals surface area (Å²) < 4.78 is 0. The summed E-state index contributed by atoms with van der Waals surface area (Å²) in [7, 11) is 0. The van der Waals surface area contributed by atoms with Crippen LogP contribution in [0.1, 0.15) is 33.4 Å². The van der Waals surface area contributed by atoms with Gasteiger partial charge in [-0.1, -0.05) is 65.7 Å². The van der Waals surface area contributed by atoms with E-state index in [1.807, 2.05) is 6.20 Å². The molecule has 5 aromatic carbocycles. The van der Waals surface area contributed by atoms with Crippen LogP contribution in [0.3, 0.4) is 0 Å². The Balaban J connectivity index is 1.51. The normalized spacial score (nSPS) is 11.1. The zero-order chi connectivity index (χ0) is 29.4. The molecule has 208 valence electrons. The van der Waals surface area contributed by atoms with Crippen LogP contribution in [0.25, 0.3) is 10.8 Å². The summed E-state index contributed by atoms with van der Waals surface area (Å²) in [6, 6.07) is 32.9. The van der Waals surface area contributed by atoms with E-state index in [1.54, 1.807) is 12.4 Å². The Labute approximate surface area is 248 Å². The molecule has 0 N–H and O–H groups in total. The van der Waals surface area contributed by atoms with Gasteiger partial charge in [0.05, 0.1) is 17.6 Å². The summed E-state index contributed by atoms with van der Waals surface area (Å²) in [5, 5.41) is 2.39. The van der Waals surface area contributed by atoms with E-state index in [4.69, 9.17) is 0 Å². The highest BCUT2D eigenvalue weighted by Gasteiger charge is 2.22. The van der Waals surface area contributed by atoms with Crippen LogP contribution in [0, 0.1) is 41.5 Å². The summed E-state index contributed by atoms with van der Waals surface area (Å²) in [5.41, 5.74) is 13.2. The highest BCUT2D eigenvalue weighted by molar-refractivity contribution is 5.89. The topological polar surface area (TPSA) is 32.3 Å². The first-order valence-electron chi connectivity index (χ1n) is 14.4. The van der Waals surface area contributed by atoms with Gasteiger partial charge in [0.25, 0.3) is 0 Å². The van der Waals surface area contributed by atoms with Gasteiger partial charge in [-0.3, -0.25) is 9.88 Å². The molecule has 1 aromatic heterocycles. The van der Waals surface area contributed by atoms with Crippen molar-refractivity contribution in [3.05, 3.63) is 143 Å². The molecular formula is C38H36N4. The quantitative estimate of drug-likeness (QED) is 0.207. The highest BCUT2D eigenvalue weighted by Crippen LogP contribution is 2.44. The van der Waals surface area contributed by atoms with Crippen molar-refractivity contribution in [2.75, 3.05) is 9.80 Å². The smallest absolute Gasteiger partial charge is 0.156 e. The molecule has 4 heteroatoms. The largest absolute Gasteiger partial charge is 0.309 e. The van der Waals surface area contributed by atoms with Crippen LogP contribution in [0.2, 0.25) is 0 Å². The van der Waals surface area contributed by atoms with Crippen molar-refractivity contribution < 1.29 is 0 Å². The molecule has 6 aromatic rings. The molecule has 1 heterocycles. The average molecular weight is 549 g/mol. The van der Waals surface area contributed by atoms with Gasteiger partial charge in [-0.15, -0.1) is 0 Å². The van der Waals surface area contributed by atoms with Gasteiger partial charge in [0.1, 0.15) is 0 Å². The number of anilines is 6. The Morgan fingerprint density at radius 1 is 0.476 bits per heavy atom. The Hall–Kier alpha value is -4.96. The predicted molar refractivity (Wildman–Crippen MR) is 177 cm³/mol. The molecule has 42 heavy (non-hydrogen) atoms. The number of benzene rings is 5. The molecule has 0 amide bonds. The minimum absolute atomic E-state index is 0.771. The lowest BCUT2D eigenvalue weighted by atomic mass is 9.98. The van der Waals surface area contributed by atoms with Crippen LogP contribution in [-0.2, 0) is 0 Å². The molecule has 0 aliphatic carbocycles. The van der Waals surface area contributed by atoms with Crippen LogP contribution in [0.4, 0.5) is 34.3 Å². The number of aryl methyl sites for hydroxylation is 6. The van der Waals surface area contributed by atoms with Crippen molar-refractivity contribution in [1.29, 1.82) is 0 Å². The summed E-state index contributed by atoms with van der Waals surface area (Å²) >= 11 is 0. The molecule has 0 radical (unpaired) electrons. The summed E-state index contributed by atoms with van der Waals surface area (Å²) in [6.07, 6.45) is 5.26. The van der Waals surface area contributed by atoms with Gasteiger partial charge in [0, 0.05) is 29.5 Å². The van der Waals surface area contributed by atoms with Crippen LogP contribution >= 0.6 is 0 Å². The fourth-order valence-corrected chi connectivity index (χ4v) is 6.31. The van der Waals surface area contributed by atoms with Gasteiger partial charge in [0.2, 0.25) is 0 Å². The zero-order valence-corrected chi connectivity index (χ0v) is 25.2. The van der Waals surface area contributed by atoms with Gasteiger partial charge in [0.15, 0.2) is 5.82 Å². The van der Waals surface area contributed by atoms with E-state index in [-0.39, 0.29) is 0 Å². The Kier molecular flexibility index (Phi) is 7.22. The molecule has 0 unspecified atom stereocenters. The molecule has 0 spiro atoms. The van der Waals surface area contributed by atoms with E-state index in [1.165, 1.54) is 55.5 Å². The fraction of sp³-hybridized carbons (Fsp3) is 0.158.